The third-order valence-electron chi connectivity index (χ3n) is 2.68. The molecule has 0 aliphatic rings. The Labute approximate surface area is 122 Å². The van der Waals surface area contributed by atoms with Crippen molar-refractivity contribution in [3.63, 3.8) is 0 Å². The molecule has 0 spiro atoms. The average molecular weight is 295 g/mol. The van der Waals surface area contributed by atoms with Gasteiger partial charge in [-0.15, -0.1) is 0 Å². The van der Waals surface area contributed by atoms with Crippen LogP contribution in [0.2, 0.25) is 0 Å². The smallest absolute Gasteiger partial charge is 0.313 e. The van der Waals surface area contributed by atoms with Crippen LogP contribution in [-0.2, 0) is 9.59 Å². The van der Waals surface area contributed by atoms with Gasteiger partial charge in [0.2, 0.25) is 0 Å². The topological polar surface area (TPSA) is 106 Å². The number of benzene rings is 1. The largest absolute Gasteiger partial charge is 0.348 e. The molecule has 8 heteroatoms. The summed E-state index contributed by atoms with van der Waals surface area (Å²) in [6.07, 6.45) is 0.777. The molecule has 0 aliphatic carbocycles. The zero-order chi connectivity index (χ0) is 15.8. The minimum Gasteiger partial charge on any atom is -0.348 e. The molecule has 8 nitrogen and oxygen atoms in total. The number of amides is 2. The first-order valence-corrected chi connectivity index (χ1v) is 6.53. The van der Waals surface area contributed by atoms with Crippen LogP contribution in [0.25, 0.3) is 0 Å². The molecule has 1 rings (SSSR count). The number of nitrogens with zero attached hydrogens (tertiary/aromatic N) is 1. The van der Waals surface area contributed by atoms with Crippen LogP contribution in [0.4, 0.5) is 11.4 Å². The van der Waals surface area contributed by atoms with E-state index in [4.69, 9.17) is 0 Å². The number of carbonyl (C=O) groups is 2. The van der Waals surface area contributed by atoms with Gasteiger partial charge in [-0.1, -0.05) is 0 Å². The lowest BCUT2D eigenvalue weighted by Gasteiger charge is -2.08. The van der Waals surface area contributed by atoms with E-state index in [0.717, 1.165) is 13.0 Å². The second kappa shape index (κ2) is 7.95. The van der Waals surface area contributed by atoms with Crippen molar-refractivity contribution < 1.29 is 19.4 Å². The Kier molecular flexibility index (Phi) is 6.28. The van der Waals surface area contributed by atoms with Crippen molar-refractivity contribution in [1.29, 1.82) is 0 Å². The molecule has 0 unspecified atom stereocenters. The fraction of sp³-hybridized carbons (Fsp3) is 0.385. The zero-order valence-electron chi connectivity index (χ0n) is 12.0. The van der Waals surface area contributed by atoms with Crippen LogP contribution in [0.15, 0.2) is 24.3 Å². The second-order valence-corrected chi connectivity index (χ2v) is 4.82. The van der Waals surface area contributed by atoms with Gasteiger partial charge < -0.3 is 15.5 Å². The molecule has 0 aromatic heterocycles. The monoisotopic (exact) mass is 295 g/mol. The van der Waals surface area contributed by atoms with E-state index in [1.54, 1.807) is 0 Å². The van der Waals surface area contributed by atoms with Crippen LogP contribution in [0, 0.1) is 10.1 Å². The molecule has 0 radical (unpaired) electrons. The molecule has 0 fully saturated rings. The van der Waals surface area contributed by atoms with Gasteiger partial charge in [0, 0.05) is 30.8 Å². The normalized spacial score (nSPS) is 10.2. The SMILES string of the molecule is C[NH+](C)CCCNC(=O)C(=O)Nc1ccc([N+](=O)[O-])cc1. The average Bonchev–Trinajstić information content (AvgIpc) is 2.43. The van der Waals surface area contributed by atoms with E-state index in [-0.39, 0.29) is 5.69 Å². The molecule has 3 N–H and O–H groups in total. The number of nitro groups is 1. The Morgan fingerprint density at radius 3 is 2.33 bits per heavy atom. The van der Waals surface area contributed by atoms with Crippen molar-refractivity contribution >= 4 is 23.2 Å². The number of hydrogen-bond donors (Lipinski definition) is 3. The molecule has 114 valence electrons. The van der Waals surface area contributed by atoms with E-state index in [0.29, 0.717) is 12.2 Å². The maximum absolute atomic E-state index is 11.6. The lowest BCUT2D eigenvalue weighted by molar-refractivity contribution is -0.858. The third-order valence-corrected chi connectivity index (χ3v) is 2.68. The Bertz CT molecular complexity index is 513. The molecular weight excluding hydrogens is 276 g/mol. The highest BCUT2D eigenvalue weighted by Gasteiger charge is 2.13. The third kappa shape index (κ3) is 6.00. The maximum Gasteiger partial charge on any atom is 0.313 e. The van der Waals surface area contributed by atoms with Gasteiger partial charge in [-0.2, -0.15) is 0 Å². The number of hydrogen-bond acceptors (Lipinski definition) is 4. The first kappa shape index (κ1) is 16.6. The number of nitrogens with one attached hydrogen (secondary N) is 3. The zero-order valence-corrected chi connectivity index (χ0v) is 12.0. The van der Waals surface area contributed by atoms with E-state index < -0.39 is 16.7 Å². The summed E-state index contributed by atoms with van der Waals surface area (Å²) in [5, 5.41) is 15.4. The van der Waals surface area contributed by atoms with Crippen LogP contribution in [0.5, 0.6) is 0 Å². The molecule has 0 saturated heterocycles. The van der Waals surface area contributed by atoms with E-state index in [1.807, 2.05) is 14.1 Å². The van der Waals surface area contributed by atoms with Crippen molar-refractivity contribution in [2.24, 2.45) is 0 Å². The summed E-state index contributed by atoms with van der Waals surface area (Å²) in [7, 11) is 4.01. The highest BCUT2D eigenvalue weighted by atomic mass is 16.6. The predicted octanol–water partition coefficient (Wildman–Crippen LogP) is -0.816. The highest BCUT2D eigenvalue weighted by molar-refractivity contribution is 6.39. The first-order valence-electron chi connectivity index (χ1n) is 6.53. The summed E-state index contributed by atoms with van der Waals surface area (Å²) in [6.45, 7) is 1.32. The Balaban J connectivity index is 2.41. The van der Waals surface area contributed by atoms with E-state index in [1.165, 1.54) is 29.2 Å². The summed E-state index contributed by atoms with van der Waals surface area (Å²) in [5.74, 6) is -1.51. The van der Waals surface area contributed by atoms with Crippen LogP contribution in [0.1, 0.15) is 6.42 Å². The van der Waals surface area contributed by atoms with Gasteiger partial charge in [0.1, 0.15) is 0 Å². The van der Waals surface area contributed by atoms with Crippen LogP contribution < -0.4 is 15.5 Å². The van der Waals surface area contributed by atoms with Gasteiger partial charge in [0.25, 0.3) is 5.69 Å². The molecule has 0 aliphatic heterocycles. The first-order chi connectivity index (χ1) is 9.90. The van der Waals surface area contributed by atoms with Gasteiger partial charge in [-0.25, -0.2) is 0 Å². The van der Waals surface area contributed by atoms with Crippen LogP contribution in [0.3, 0.4) is 0 Å². The summed E-state index contributed by atoms with van der Waals surface area (Å²) >= 11 is 0. The van der Waals surface area contributed by atoms with Gasteiger partial charge in [-0.3, -0.25) is 19.7 Å². The van der Waals surface area contributed by atoms with Crippen LogP contribution in [-0.4, -0.2) is 43.9 Å². The number of nitro benzene ring substituents is 1. The van der Waals surface area contributed by atoms with Crippen molar-refractivity contribution in [2.75, 3.05) is 32.5 Å². The summed E-state index contributed by atoms with van der Waals surface area (Å²) < 4.78 is 0. The van der Waals surface area contributed by atoms with Crippen LogP contribution >= 0.6 is 0 Å². The number of quaternary nitrogens is 1. The quantitative estimate of drug-likeness (QED) is 0.276. The van der Waals surface area contributed by atoms with E-state index in [2.05, 4.69) is 10.6 Å². The predicted molar refractivity (Wildman–Crippen MR) is 77.0 cm³/mol. The minimum atomic E-state index is -0.791. The minimum absolute atomic E-state index is 0.0800. The maximum atomic E-state index is 11.6. The second-order valence-electron chi connectivity index (χ2n) is 4.82. The summed E-state index contributed by atoms with van der Waals surface area (Å²) in [5.41, 5.74) is 0.252. The van der Waals surface area contributed by atoms with Gasteiger partial charge >= 0.3 is 11.8 Å². The van der Waals surface area contributed by atoms with Gasteiger partial charge in [-0.05, 0) is 12.1 Å². The molecule has 0 heterocycles. The molecular formula is C13H19N4O4+. The standard InChI is InChI=1S/C13H18N4O4/c1-16(2)9-3-8-14-12(18)13(19)15-10-4-6-11(7-5-10)17(20)21/h4-7H,3,8-9H2,1-2H3,(H,14,18)(H,15,19)/p+1. The van der Waals surface area contributed by atoms with Crippen molar-refractivity contribution in [2.45, 2.75) is 6.42 Å². The molecule has 0 saturated carbocycles. The molecule has 1 aromatic rings. The molecule has 0 atom stereocenters. The molecule has 1 aromatic carbocycles. The van der Waals surface area contributed by atoms with E-state index in [9.17, 15) is 19.7 Å². The molecule has 2 amide bonds. The lowest BCUT2D eigenvalue weighted by atomic mass is 10.3. The molecule has 0 bridgehead atoms. The molecule has 21 heavy (non-hydrogen) atoms. The van der Waals surface area contributed by atoms with Crippen molar-refractivity contribution in [1.82, 2.24) is 5.32 Å². The fourth-order valence-corrected chi connectivity index (χ4v) is 1.58. The van der Waals surface area contributed by atoms with Gasteiger partial charge in [0.15, 0.2) is 0 Å². The Morgan fingerprint density at radius 1 is 1.19 bits per heavy atom. The fourth-order valence-electron chi connectivity index (χ4n) is 1.58. The lowest BCUT2D eigenvalue weighted by Crippen LogP contribution is -3.05. The number of carbonyl (C=O) groups excluding carboxylic acids is 2. The van der Waals surface area contributed by atoms with E-state index >= 15 is 0 Å². The van der Waals surface area contributed by atoms with Crippen molar-refractivity contribution in [3.8, 4) is 0 Å². The Morgan fingerprint density at radius 2 is 1.81 bits per heavy atom. The summed E-state index contributed by atoms with van der Waals surface area (Å²) in [6, 6.07) is 5.26. The number of anilines is 1. The highest BCUT2D eigenvalue weighted by Crippen LogP contribution is 2.15. The van der Waals surface area contributed by atoms with Crippen molar-refractivity contribution in [3.05, 3.63) is 34.4 Å². The Hall–Kier alpha value is -2.48. The summed E-state index contributed by atoms with van der Waals surface area (Å²) in [4.78, 5) is 34.3. The number of non-ortho nitro benzene ring substituents is 1. The number of rotatable bonds is 6. The van der Waals surface area contributed by atoms with Gasteiger partial charge in [0.05, 0.1) is 25.6 Å².